The van der Waals surface area contributed by atoms with Gasteiger partial charge in [0, 0.05) is 23.9 Å². The highest BCUT2D eigenvalue weighted by Crippen LogP contribution is 2.30. The number of rotatable bonds is 5. The third-order valence-corrected chi connectivity index (χ3v) is 2.49. The van der Waals surface area contributed by atoms with Gasteiger partial charge in [0.1, 0.15) is 12.0 Å². The van der Waals surface area contributed by atoms with Gasteiger partial charge in [-0.25, -0.2) is 0 Å². The van der Waals surface area contributed by atoms with Crippen molar-refractivity contribution in [1.82, 2.24) is 0 Å². The van der Waals surface area contributed by atoms with Crippen molar-refractivity contribution < 1.29 is 4.42 Å². The molecule has 0 atom stereocenters. The minimum absolute atomic E-state index is 0.646. The van der Waals surface area contributed by atoms with Crippen molar-refractivity contribution in [3.8, 4) is 11.3 Å². The van der Waals surface area contributed by atoms with Gasteiger partial charge in [0.05, 0.1) is 5.69 Å². The second-order valence-electron chi connectivity index (χ2n) is 3.87. The van der Waals surface area contributed by atoms with Crippen molar-refractivity contribution in [2.24, 2.45) is 5.73 Å². The fourth-order valence-corrected chi connectivity index (χ4v) is 1.67. The molecule has 0 aromatic rings. The summed E-state index contributed by atoms with van der Waals surface area (Å²) in [5.41, 5.74) is 13.8. The van der Waals surface area contributed by atoms with Crippen LogP contribution in [0.25, 0.3) is 11.3 Å². The predicted molar refractivity (Wildman–Crippen MR) is 66.5 cm³/mol. The molecule has 1 aliphatic carbocycles. The van der Waals surface area contributed by atoms with E-state index in [0.29, 0.717) is 5.69 Å². The molecule has 1 heterocycles. The third-order valence-electron chi connectivity index (χ3n) is 2.49. The number of hydrogen-bond donors (Lipinski definition) is 3. The zero-order valence-electron chi connectivity index (χ0n) is 9.20. The first-order chi connectivity index (χ1) is 7.79. The normalized spacial score (nSPS) is 10.8. The lowest BCUT2D eigenvalue weighted by Crippen LogP contribution is -2.04. The first kappa shape index (κ1) is 10.8. The third kappa shape index (κ3) is 2.46. The molecule has 4 nitrogen and oxygen atoms in total. The zero-order valence-corrected chi connectivity index (χ0v) is 9.20. The maximum atomic E-state index is 5.64. The maximum Gasteiger partial charge on any atom is 0.136 e. The first-order valence-electron chi connectivity index (χ1n) is 5.51. The Hall–Kier alpha value is -1.68. The van der Waals surface area contributed by atoms with E-state index in [4.69, 9.17) is 15.9 Å². The Morgan fingerprint density at radius 3 is 2.88 bits per heavy atom. The number of fused-ring (bicyclic) bond motifs is 1. The van der Waals surface area contributed by atoms with Gasteiger partial charge in [0.15, 0.2) is 0 Å². The monoisotopic (exact) mass is 219 g/mol. The summed E-state index contributed by atoms with van der Waals surface area (Å²) in [7, 11) is 0. The molecule has 0 aromatic heterocycles. The van der Waals surface area contributed by atoms with Gasteiger partial charge >= 0.3 is 0 Å². The van der Waals surface area contributed by atoms with Gasteiger partial charge in [-0.3, -0.25) is 0 Å². The standard InChI is InChI=1S/C12H17N3O/c13-3-1-2-4-15-11-6-9-5-10(14)8-16-12(9)7-11/h5-8,15H,1-4,13-14H2. The Balaban J connectivity index is 2.00. The van der Waals surface area contributed by atoms with Crippen molar-refractivity contribution >= 4 is 11.4 Å². The SMILES string of the molecule is NCCCCNc1cc2cc(N)coc-2c1. The summed E-state index contributed by atoms with van der Waals surface area (Å²) in [6, 6.07) is 5.93. The zero-order chi connectivity index (χ0) is 11.4. The summed E-state index contributed by atoms with van der Waals surface area (Å²) in [5.74, 6) is 0.857. The predicted octanol–water partition coefficient (Wildman–Crippen LogP) is 2.12. The Morgan fingerprint density at radius 1 is 1.19 bits per heavy atom. The summed E-state index contributed by atoms with van der Waals surface area (Å²) < 4.78 is 5.37. The van der Waals surface area contributed by atoms with E-state index < -0.39 is 0 Å². The van der Waals surface area contributed by atoms with Gasteiger partial charge < -0.3 is 21.2 Å². The quantitative estimate of drug-likeness (QED) is 0.673. The number of unbranched alkanes of at least 4 members (excludes halogenated alkanes) is 1. The summed E-state index contributed by atoms with van der Waals surface area (Å²) >= 11 is 0. The second kappa shape index (κ2) is 4.90. The average molecular weight is 219 g/mol. The molecule has 2 rings (SSSR count). The van der Waals surface area contributed by atoms with Crippen molar-refractivity contribution in [3.63, 3.8) is 0 Å². The minimum Gasteiger partial charge on any atom is -0.462 e. The lowest BCUT2D eigenvalue weighted by atomic mass is 10.2. The van der Waals surface area contributed by atoms with Gasteiger partial charge in [0.25, 0.3) is 0 Å². The van der Waals surface area contributed by atoms with E-state index in [1.165, 1.54) is 0 Å². The van der Waals surface area contributed by atoms with Crippen LogP contribution in [0.2, 0.25) is 0 Å². The fourth-order valence-electron chi connectivity index (χ4n) is 1.67. The molecule has 2 aliphatic rings. The molecule has 16 heavy (non-hydrogen) atoms. The largest absolute Gasteiger partial charge is 0.462 e. The molecule has 0 spiro atoms. The highest BCUT2D eigenvalue weighted by molar-refractivity contribution is 5.73. The van der Waals surface area contributed by atoms with Gasteiger partial charge in [-0.15, -0.1) is 0 Å². The van der Waals surface area contributed by atoms with Crippen LogP contribution in [0.1, 0.15) is 12.8 Å². The van der Waals surface area contributed by atoms with Crippen molar-refractivity contribution in [2.75, 3.05) is 24.1 Å². The fraction of sp³-hybridized carbons (Fsp3) is 0.333. The van der Waals surface area contributed by atoms with Crippen LogP contribution in [0.15, 0.2) is 28.9 Å². The molecule has 0 aromatic carbocycles. The van der Waals surface area contributed by atoms with Crippen LogP contribution in [0.4, 0.5) is 11.4 Å². The van der Waals surface area contributed by atoms with E-state index in [0.717, 1.165) is 42.9 Å². The average Bonchev–Trinajstić information content (AvgIpc) is 2.66. The Morgan fingerprint density at radius 2 is 2.06 bits per heavy atom. The lowest BCUT2D eigenvalue weighted by Gasteiger charge is -2.01. The first-order valence-corrected chi connectivity index (χ1v) is 5.51. The maximum absolute atomic E-state index is 5.64. The van der Waals surface area contributed by atoms with Gasteiger partial charge in [-0.2, -0.15) is 0 Å². The van der Waals surface area contributed by atoms with E-state index >= 15 is 0 Å². The van der Waals surface area contributed by atoms with Crippen LogP contribution in [0.3, 0.4) is 0 Å². The molecule has 0 amide bonds. The topological polar surface area (TPSA) is 77.2 Å². The van der Waals surface area contributed by atoms with Crippen LogP contribution < -0.4 is 16.8 Å². The molecule has 0 unspecified atom stereocenters. The summed E-state index contributed by atoms with van der Waals surface area (Å²) in [5, 5.41) is 3.33. The van der Waals surface area contributed by atoms with E-state index in [9.17, 15) is 0 Å². The summed E-state index contributed by atoms with van der Waals surface area (Å²) in [6.45, 7) is 1.68. The minimum atomic E-state index is 0.646. The van der Waals surface area contributed by atoms with Crippen LogP contribution in [0.5, 0.6) is 0 Å². The van der Waals surface area contributed by atoms with E-state index in [-0.39, 0.29) is 0 Å². The molecule has 5 N–H and O–H groups in total. The van der Waals surface area contributed by atoms with Crippen molar-refractivity contribution in [3.05, 3.63) is 24.5 Å². The van der Waals surface area contributed by atoms with E-state index in [1.807, 2.05) is 18.2 Å². The van der Waals surface area contributed by atoms with Crippen LogP contribution in [0, 0.1) is 0 Å². The number of nitrogens with one attached hydrogen (secondary N) is 1. The molecular formula is C12H17N3O. The molecule has 0 saturated carbocycles. The molecule has 86 valence electrons. The molecule has 0 saturated heterocycles. The Kier molecular flexibility index (Phi) is 3.31. The molecule has 0 fully saturated rings. The van der Waals surface area contributed by atoms with Gasteiger partial charge in [-0.1, -0.05) is 0 Å². The Bertz CT molecular complexity index is 425. The second-order valence-corrected chi connectivity index (χ2v) is 3.87. The smallest absolute Gasteiger partial charge is 0.136 e. The van der Waals surface area contributed by atoms with Crippen LogP contribution >= 0.6 is 0 Å². The Labute approximate surface area is 95.0 Å². The number of nitrogen functional groups attached to an aromatic ring is 1. The van der Waals surface area contributed by atoms with Crippen LogP contribution in [-0.4, -0.2) is 13.1 Å². The van der Waals surface area contributed by atoms with Crippen molar-refractivity contribution in [2.45, 2.75) is 12.8 Å². The highest BCUT2D eigenvalue weighted by Gasteiger charge is 2.08. The van der Waals surface area contributed by atoms with Crippen molar-refractivity contribution in [1.29, 1.82) is 0 Å². The summed E-state index contributed by atoms with van der Waals surface area (Å²) in [6.07, 6.45) is 3.68. The van der Waals surface area contributed by atoms with Gasteiger partial charge in [-0.05, 0) is 31.5 Å². The molecular weight excluding hydrogens is 202 g/mol. The lowest BCUT2D eigenvalue weighted by molar-refractivity contribution is 0.570. The van der Waals surface area contributed by atoms with Crippen LogP contribution in [-0.2, 0) is 0 Å². The summed E-state index contributed by atoms with van der Waals surface area (Å²) in [4.78, 5) is 0. The van der Waals surface area contributed by atoms with Gasteiger partial charge in [0.2, 0.25) is 0 Å². The highest BCUT2D eigenvalue weighted by atomic mass is 16.3. The molecule has 1 aliphatic heterocycles. The number of anilines is 2. The number of hydrogen-bond acceptors (Lipinski definition) is 4. The molecule has 0 bridgehead atoms. The number of nitrogens with two attached hydrogens (primary N) is 2. The van der Waals surface area contributed by atoms with E-state index in [2.05, 4.69) is 5.32 Å². The molecule has 4 heteroatoms. The van der Waals surface area contributed by atoms with E-state index in [1.54, 1.807) is 6.26 Å². The molecule has 0 radical (unpaired) electrons.